The molecule has 168 valence electrons. The molecule has 34 heavy (non-hydrogen) atoms. The van der Waals surface area contributed by atoms with Crippen molar-refractivity contribution in [1.82, 2.24) is 24.8 Å². The zero-order valence-corrected chi connectivity index (χ0v) is 18.3. The molecule has 5 rings (SSSR count). The summed E-state index contributed by atoms with van der Waals surface area (Å²) in [6, 6.07) is 21.8. The third-order valence-corrected chi connectivity index (χ3v) is 5.02. The molecule has 2 aromatic carbocycles. The average Bonchev–Trinajstić information content (AvgIpc) is 3.29. The minimum Gasteiger partial charge on any atom is -0.494 e. The lowest BCUT2D eigenvalue weighted by molar-refractivity contribution is 0.262. The van der Waals surface area contributed by atoms with Gasteiger partial charge < -0.3 is 15.4 Å². The van der Waals surface area contributed by atoms with E-state index in [0.717, 1.165) is 16.9 Å². The molecule has 9 heteroatoms. The van der Waals surface area contributed by atoms with Crippen molar-refractivity contribution in [3.8, 4) is 28.4 Å². The molecule has 0 bridgehead atoms. The van der Waals surface area contributed by atoms with Gasteiger partial charge in [-0.25, -0.2) is 4.79 Å². The van der Waals surface area contributed by atoms with Gasteiger partial charge in [0.05, 0.1) is 12.3 Å². The van der Waals surface area contributed by atoms with Gasteiger partial charge >= 0.3 is 6.03 Å². The topological polar surface area (TPSA) is 106 Å². The van der Waals surface area contributed by atoms with Crippen LogP contribution in [-0.4, -0.2) is 37.4 Å². The Morgan fingerprint density at radius 3 is 2.53 bits per heavy atom. The van der Waals surface area contributed by atoms with Gasteiger partial charge in [-0.3, -0.25) is 4.98 Å². The molecule has 0 spiro atoms. The predicted molar refractivity (Wildman–Crippen MR) is 130 cm³/mol. The number of pyridine rings is 1. The van der Waals surface area contributed by atoms with Crippen LogP contribution in [0.15, 0.2) is 85.2 Å². The fraction of sp³-hybridized carbons (Fsp3) is 0.0800. The fourth-order valence-electron chi connectivity index (χ4n) is 3.47. The molecule has 0 aliphatic carbocycles. The molecule has 3 heterocycles. The summed E-state index contributed by atoms with van der Waals surface area (Å²) in [5.41, 5.74) is 4.31. The molecule has 3 aromatic heterocycles. The molecule has 0 saturated carbocycles. The van der Waals surface area contributed by atoms with Crippen molar-refractivity contribution in [2.24, 2.45) is 0 Å². The number of aromatic nitrogens is 5. The SMILES string of the molecule is CCOc1ccc(NC(=O)Nc2cccc(-c3ccc4nnc(-c5cccnc5)n4n3)c2)cc1. The maximum Gasteiger partial charge on any atom is 0.323 e. The van der Waals surface area contributed by atoms with E-state index < -0.39 is 0 Å². The van der Waals surface area contributed by atoms with Crippen LogP contribution in [0.5, 0.6) is 5.75 Å². The number of anilines is 2. The molecule has 5 aromatic rings. The third-order valence-electron chi connectivity index (χ3n) is 5.02. The number of rotatable bonds is 6. The van der Waals surface area contributed by atoms with E-state index in [2.05, 4.69) is 25.8 Å². The van der Waals surface area contributed by atoms with Gasteiger partial charge in [-0.05, 0) is 67.6 Å². The maximum atomic E-state index is 12.5. The molecule has 0 radical (unpaired) electrons. The van der Waals surface area contributed by atoms with E-state index in [1.54, 1.807) is 29.0 Å². The minimum absolute atomic E-state index is 0.345. The van der Waals surface area contributed by atoms with Crippen molar-refractivity contribution < 1.29 is 9.53 Å². The van der Waals surface area contributed by atoms with E-state index in [1.807, 2.05) is 67.6 Å². The Balaban J connectivity index is 1.35. The molecule has 0 atom stereocenters. The van der Waals surface area contributed by atoms with Gasteiger partial charge in [0.1, 0.15) is 5.75 Å². The van der Waals surface area contributed by atoms with E-state index >= 15 is 0 Å². The van der Waals surface area contributed by atoms with E-state index in [0.29, 0.717) is 35.1 Å². The van der Waals surface area contributed by atoms with Crippen molar-refractivity contribution in [3.63, 3.8) is 0 Å². The lowest BCUT2D eigenvalue weighted by Crippen LogP contribution is -2.19. The summed E-state index contributed by atoms with van der Waals surface area (Å²) in [5.74, 6) is 1.36. The first-order valence-corrected chi connectivity index (χ1v) is 10.7. The molecule has 0 unspecified atom stereocenters. The number of carbonyl (C=O) groups is 1. The number of hydrogen-bond donors (Lipinski definition) is 2. The summed E-state index contributed by atoms with van der Waals surface area (Å²) in [7, 11) is 0. The van der Waals surface area contributed by atoms with Crippen molar-refractivity contribution in [2.75, 3.05) is 17.2 Å². The van der Waals surface area contributed by atoms with Gasteiger partial charge in [0.25, 0.3) is 0 Å². The first kappa shape index (κ1) is 21.1. The maximum absolute atomic E-state index is 12.5. The largest absolute Gasteiger partial charge is 0.494 e. The molecule has 2 N–H and O–H groups in total. The highest BCUT2D eigenvalue weighted by atomic mass is 16.5. The summed E-state index contributed by atoms with van der Waals surface area (Å²) in [4.78, 5) is 16.6. The number of carbonyl (C=O) groups excluding carboxylic acids is 1. The number of hydrogen-bond acceptors (Lipinski definition) is 6. The predicted octanol–water partition coefficient (Wildman–Crippen LogP) is 4.90. The van der Waals surface area contributed by atoms with E-state index in [-0.39, 0.29) is 6.03 Å². The van der Waals surface area contributed by atoms with Crippen LogP contribution in [0.2, 0.25) is 0 Å². The van der Waals surface area contributed by atoms with E-state index in [4.69, 9.17) is 9.84 Å². The van der Waals surface area contributed by atoms with Crippen LogP contribution in [0.3, 0.4) is 0 Å². The van der Waals surface area contributed by atoms with Crippen LogP contribution < -0.4 is 15.4 Å². The van der Waals surface area contributed by atoms with Crippen molar-refractivity contribution in [3.05, 3.63) is 85.2 Å². The van der Waals surface area contributed by atoms with Gasteiger partial charge in [-0.2, -0.15) is 9.61 Å². The second kappa shape index (κ2) is 9.37. The van der Waals surface area contributed by atoms with E-state index in [1.165, 1.54) is 0 Å². The number of fused-ring (bicyclic) bond motifs is 1. The Morgan fingerprint density at radius 1 is 0.912 bits per heavy atom. The number of urea groups is 1. The van der Waals surface area contributed by atoms with Gasteiger partial charge in [0, 0.05) is 34.9 Å². The second-order valence-electron chi connectivity index (χ2n) is 7.37. The van der Waals surface area contributed by atoms with Crippen molar-refractivity contribution in [2.45, 2.75) is 6.92 Å². The van der Waals surface area contributed by atoms with Crippen molar-refractivity contribution in [1.29, 1.82) is 0 Å². The molecule has 2 amide bonds. The van der Waals surface area contributed by atoms with Crippen LogP contribution >= 0.6 is 0 Å². The van der Waals surface area contributed by atoms with Crippen LogP contribution in [0, 0.1) is 0 Å². The normalized spacial score (nSPS) is 10.7. The number of nitrogens with one attached hydrogen (secondary N) is 2. The highest BCUT2D eigenvalue weighted by Crippen LogP contribution is 2.23. The second-order valence-corrected chi connectivity index (χ2v) is 7.37. The standard InChI is InChI=1S/C25H21N7O2/c1-2-34-21-10-8-19(9-11-21)27-25(33)28-20-7-3-5-17(15-20)22-12-13-23-29-30-24(32(23)31-22)18-6-4-14-26-16-18/h3-16H,2H2,1H3,(H2,27,28,33). The van der Waals surface area contributed by atoms with Crippen LogP contribution in [0.1, 0.15) is 6.92 Å². The number of nitrogens with zero attached hydrogens (tertiary/aromatic N) is 5. The number of amides is 2. The lowest BCUT2D eigenvalue weighted by Gasteiger charge is -2.10. The molecule has 0 saturated heterocycles. The number of benzene rings is 2. The van der Waals surface area contributed by atoms with Crippen LogP contribution in [0.4, 0.5) is 16.2 Å². The van der Waals surface area contributed by atoms with Crippen LogP contribution in [-0.2, 0) is 0 Å². The Morgan fingerprint density at radius 2 is 1.74 bits per heavy atom. The Hall–Kier alpha value is -4.79. The summed E-state index contributed by atoms with van der Waals surface area (Å²) in [6.07, 6.45) is 3.43. The molecule has 0 aliphatic heterocycles. The summed E-state index contributed by atoms with van der Waals surface area (Å²) in [6.45, 7) is 2.51. The zero-order valence-electron chi connectivity index (χ0n) is 18.3. The van der Waals surface area contributed by atoms with Gasteiger partial charge in [-0.15, -0.1) is 10.2 Å². The first-order valence-electron chi connectivity index (χ1n) is 10.7. The Kier molecular flexibility index (Phi) is 5.81. The van der Waals surface area contributed by atoms with E-state index in [9.17, 15) is 4.79 Å². The lowest BCUT2D eigenvalue weighted by atomic mass is 10.1. The Labute approximate surface area is 195 Å². The average molecular weight is 451 g/mol. The quantitative estimate of drug-likeness (QED) is 0.380. The summed E-state index contributed by atoms with van der Waals surface area (Å²) >= 11 is 0. The first-order chi connectivity index (χ1) is 16.7. The Bertz CT molecular complexity index is 1430. The molecule has 0 aliphatic rings. The van der Waals surface area contributed by atoms with Gasteiger partial charge in [-0.1, -0.05) is 12.1 Å². The smallest absolute Gasteiger partial charge is 0.323 e. The van der Waals surface area contributed by atoms with Crippen LogP contribution in [0.25, 0.3) is 28.3 Å². The van der Waals surface area contributed by atoms with Gasteiger partial charge in [0.2, 0.25) is 0 Å². The monoisotopic (exact) mass is 451 g/mol. The fourth-order valence-corrected chi connectivity index (χ4v) is 3.47. The summed E-state index contributed by atoms with van der Waals surface area (Å²) in [5, 5.41) is 18.8. The minimum atomic E-state index is -0.345. The molecular weight excluding hydrogens is 430 g/mol. The summed E-state index contributed by atoms with van der Waals surface area (Å²) < 4.78 is 7.11. The third kappa shape index (κ3) is 4.53. The molecule has 9 nitrogen and oxygen atoms in total. The highest BCUT2D eigenvalue weighted by Gasteiger charge is 2.11. The number of ether oxygens (including phenoxy) is 1. The highest BCUT2D eigenvalue weighted by molar-refractivity contribution is 6.00. The molecule has 0 fully saturated rings. The zero-order chi connectivity index (χ0) is 23.3. The molecular formula is C25H21N7O2. The van der Waals surface area contributed by atoms with Gasteiger partial charge in [0.15, 0.2) is 11.5 Å². The van der Waals surface area contributed by atoms with Crippen molar-refractivity contribution >= 4 is 23.1 Å².